The SMILES string of the molecule is CCNC(=NCC1(N2CCCC2)CCOCC1)N(C)Cc1ccc(Br)s1.I. The summed E-state index contributed by atoms with van der Waals surface area (Å²) in [7, 11) is 2.13. The van der Waals surface area contributed by atoms with Crippen LogP contribution in [-0.4, -0.2) is 67.7 Å². The summed E-state index contributed by atoms with van der Waals surface area (Å²) in [6, 6.07) is 4.29. The number of thiophene rings is 1. The smallest absolute Gasteiger partial charge is 0.194 e. The summed E-state index contributed by atoms with van der Waals surface area (Å²) >= 11 is 5.34. The van der Waals surface area contributed by atoms with E-state index < -0.39 is 0 Å². The van der Waals surface area contributed by atoms with Gasteiger partial charge in [-0.05, 0) is 73.8 Å². The predicted molar refractivity (Wildman–Crippen MR) is 128 cm³/mol. The molecule has 0 radical (unpaired) electrons. The van der Waals surface area contributed by atoms with Crippen LogP contribution in [0.25, 0.3) is 0 Å². The average molecular weight is 571 g/mol. The second-order valence-corrected chi connectivity index (χ2v) is 9.81. The summed E-state index contributed by atoms with van der Waals surface area (Å²) in [5.74, 6) is 1.00. The van der Waals surface area contributed by atoms with E-state index in [0.717, 1.165) is 51.6 Å². The first-order chi connectivity index (χ1) is 12.6. The van der Waals surface area contributed by atoms with Crippen molar-refractivity contribution in [2.75, 3.05) is 46.4 Å². The fourth-order valence-electron chi connectivity index (χ4n) is 3.95. The third kappa shape index (κ3) is 6.29. The second kappa shape index (κ2) is 11.3. The lowest BCUT2D eigenvalue weighted by Crippen LogP contribution is -2.54. The normalized spacial score (nSPS) is 20.3. The molecule has 0 aromatic carbocycles. The molecule has 2 aliphatic heterocycles. The molecule has 0 spiro atoms. The van der Waals surface area contributed by atoms with E-state index in [1.54, 1.807) is 11.3 Å². The van der Waals surface area contributed by atoms with Gasteiger partial charge in [-0.1, -0.05) is 0 Å². The third-order valence-corrected chi connectivity index (χ3v) is 7.05. The maximum absolute atomic E-state index is 5.66. The number of rotatable bonds is 6. The molecule has 2 aliphatic rings. The molecular weight excluding hydrogens is 539 g/mol. The van der Waals surface area contributed by atoms with Crippen LogP contribution < -0.4 is 5.32 Å². The number of aliphatic imine (C=N–C) groups is 1. The lowest BCUT2D eigenvalue weighted by molar-refractivity contribution is -0.0139. The van der Waals surface area contributed by atoms with Crippen molar-refractivity contribution in [2.45, 2.75) is 44.7 Å². The predicted octanol–water partition coefficient (Wildman–Crippen LogP) is 4.17. The highest BCUT2D eigenvalue weighted by Crippen LogP contribution is 2.31. The molecule has 1 aromatic heterocycles. The van der Waals surface area contributed by atoms with Crippen molar-refractivity contribution in [3.63, 3.8) is 0 Å². The van der Waals surface area contributed by atoms with E-state index in [2.05, 4.69) is 57.2 Å². The van der Waals surface area contributed by atoms with Crippen molar-refractivity contribution >= 4 is 57.2 Å². The molecule has 3 heterocycles. The van der Waals surface area contributed by atoms with Crippen LogP contribution in [0, 0.1) is 0 Å². The summed E-state index contributed by atoms with van der Waals surface area (Å²) < 4.78 is 6.84. The lowest BCUT2D eigenvalue weighted by atomic mass is 9.88. The molecule has 2 saturated heterocycles. The Morgan fingerprint density at radius 1 is 1.33 bits per heavy atom. The first kappa shape index (κ1) is 23.4. The number of nitrogens with one attached hydrogen (secondary N) is 1. The molecule has 0 amide bonds. The number of guanidine groups is 1. The minimum atomic E-state index is 0. The Kier molecular flexibility index (Phi) is 9.81. The van der Waals surface area contributed by atoms with Gasteiger partial charge >= 0.3 is 0 Å². The van der Waals surface area contributed by atoms with Gasteiger partial charge in [0.15, 0.2) is 5.96 Å². The molecule has 1 aromatic rings. The first-order valence-electron chi connectivity index (χ1n) is 9.69. The van der Waals surface area contributed by atoms with Gasteiger partial charge in [-0.15, -0.1) is 35.3 Å². The molecule has 8 heteroatoms. The Labute approximate surface area is 193 Å². The highest BCUT2D eigenvalue weighted by atomic mass is 127. The zero-order valence-corrected chi connectivity index (χ0v) is 21.1. The molecule has 0 bridgehead atoms. The van der Waals surface area contributed by atoms with Gasteiger partial charge in [-0.2, -0.15) is 0 Å². The van der Waals surface area contributed by atoms with Crippen molar-refractivity contribution in [1.82, 2.24) is 15.1 Å². The Hall–Kier alpha value is 0.1000. The monoisotopic (exact) mass is 570 g/mol. The van der Waals surface area contributed by atoms with Crippen LogP contribution in [0.3, 0.4) is 0 Å². The maximum atomic E-state index is 5.66. The van der Waals surface area contributed by atoms with E-state index in [0.29, 0.717) is 0 Å². The largest absolute Gasteiger partial charge is 0.381 e. The standard InChI is InChI=1S/C19H31BrN4OS.HI/c1-3-21-18(23(2)14-16-6-7-17(20)26-16)22-15-19(8-12-25-13-9-19)24-10-4-5-11-24;/h6-7H,3-5,8-15H2,1-2H3,(H,21,22);1H. The molecule has 0 atom stereocenters. The van der Waals surface area contributed by atoms with Crippen molar-refractivity contribution in [1.29, 1.82) is 0 Å². The first-order valence-corrected chi connectivity index (χ1v) is 11.3. The molecule has 0 unspecified atom stereocenters. The number of hydrogen-bond donors (Lipinski definition) is 1. The van der Waals surface area contributed by atoms with Crippen LogP contribution in [0.5, 0.6) is 0 Å². The lowest BCUT2D eigenvalue weighted by Gasteiger charge is -2.43. The molecule has 3 rings (SSSR count). The van der Waals surface area contributed by atoms with Crippen molar-refractivity contribution < 1.29 is 4.74 Å². The van der Waals surface area contributed by atoms with Gasteiger partial charge in [0.1, 0.15) is 0 Å². The van der Waals surface area contributed by atoms with E-state index >= 15 is 0 Å². The van der Waals surface area contributed by atoms with Crippen molar-refractivity contribution in [2.24, 2.45) is 4.99 Å². The number of likely N-dealkylation sites (tertiary alicyclic amines) is 1. The van der Waals surface area contributed by atoms with Gasteiger partial charge < -0.3 is 15.0 Å². The van der Waals surface area contributed by atoms with E-state index in [4.69, 9.17) is 9.73 Å². The zero-order valence-electron chi connectivity index (χ0n) is 16.4. The van der Waals surface area contributed by atoms with Crippen LogP contribution in [0.15, 0.2) is 20.9 Å². The Balaban J connectivity index is 0.00000261. The van der Waals surface area contributed by atoms with Gasteiger partial charge in [0.05, 0.1) is 16.9 Å². The highest BCUT2D eigenvalue weighted by Gasteiger charge is 2.39. The van der Waals surface area contributed by atoms with Crippen molar-refractivity contribution in [3.8, 4) is 0 Å². The Bertz CT molecular complexity index is 600. The van der Waals surface area contributed by atoms with Crippen LogP contribution in [0.4, 0.5) is 0 Å². The molecule has 0 saturated carbocycles. The van der Waals surface area contributed by atoms with Crippen LogP contribution >= 0.6 is 51.2 Å². The quantitative estimate of drug-likeness (QED) is 0.316. The second-order valence-electron chi connectivity index (χ2n) is 7.26. The molecule has 1 N–H and O–H groups in total. The van der Waals surface area contributed by atoms with Gasteiger partial charge in [-0.3, -0.25) is 9.89 Å². The maximum Gasteiger partial charge on any atom is 0.194 e. The highest BCUT2D eigenvalue weighted by molar-refractivity contribution is 14.0. The van der Waals surface area contributed by atoms with Gasteiger partial charge in [0, 0.05) is 37.2 Å². The van der Waals surface area contributed by atoms with Gasteiger partial charge in [0.2, 0.25) is 0 Å². The minimum absolute atomic E-state index is 0. The molecule has 0 aliphatic carbocycles. The summed E-state index contributed by atoms with van der Waals surface area (Å²) in [6.45, 7) is 8.91. The molecule has 2 fully saturated rings. The number of hydrogen-bond acceptors (Lipinski definition) is 4. The molecule has 27 heavy (non-hydrogen) atoms. The average Bonchev–Trinajstić information content (AvgIpc) is 3.31. The summed E-state index contributed by atoms with van der Waals surface area (Å²) in [5.41, 5.74) is 0.183. The van der Waals surface area contributed by atoms with Crippen LogP contribution in [0.1, 0.15) is 37.5 Å². The summed E-state index contributed by atoms with van der Waals surface area (Å²) in [5, 5.41) is 3.48. The molecule has 154 valence electrons. The van der Waals surface area contributed by atoms with E-state index in [9.17, 15) is 0 Å². The minimum Gasteiger partial charge on any atom is -0.381 e. The topological polar surface area (TPSA) is 40.1 Å². The Morgan fingerprint density at radius 2 is 2.04 bits per heavy atom. The van der Waals surface area contributed by atoms with E-state index in [-0.39, 0.29) is 29.5 Å². The Morgan fingerprint density at radius 3 is 2.63 bits per heavy atom. The number of halogens is 2. The summed E-state index contributed by atoms with van der Waals surface area (Å²) in [6.07, 6.45) is 4.83. The van der Waals surface area contributed by atoms with Crippen molar-refractivity contribution in [3.05, 3.63) is 20.8 Å². The van der Waals surface area contributed by atoms with Gasteiger partial charge in [0.25, 0.3) is 0 Å². The van der Waals surface area contributed by atoms with Gasteiger partial charge in [-0.25, -0.2) is 0 Å². The van der Waals surface area contributed by atoms with Crippen LogP contribution in [0.2, 0.25) is 0 Å². The fourth-order valence-corrected chi connectivity index (χ4v) is 5.49. The number of nitrogens with zero attached hydrogens (tertiary/aromatic N) is 3. The number of ether oxygens (including phenoxy) is 1. The zero-order chi connectivity index (χ0) is 18.4. The van der Waals surface area contributed by atoms with E-state index in [1.165, 1.54) is 34.6 Å². The molecular formula is C19H32BrIN4OS. The third-order valence-electron chi connectivity index (χ3n) is 5.44. The van der Waals surface area contributed by atoms with Crippen LogP contribution in [-0.2, 0) is 11.3 Å². The summed E-state index contributed by atoms with van der Waals surface area (Å²) in [4.78, 5) is 11.3. The fraction of sp³-hybridized carbons (Fsp3) is 0.737. The van der Waals surface area contributed by atoms with E-state index in [1.807, 2.05) is 0 Å². The molecule has 5 nitrogen and oxygen atoms in total.